The minimum absolute atomic E-state index is 0.210. The lowest BCUT2D eigenvalue weighted by atomic mass is 9.81. The molecule has 0 radical (unpaired) electrons. The number of benzene rings is 4. The Morgan fingerprint density at radius 1 is 0.805 bits per heavy atom. The number of ether oxygens (including phenoxy) is 2. The summed E-state index contributed by atoms with van der Waals surface area (Å²) in [5, 5.41) is 0. The van der Waals surface area contributed by atoms with Gasteiger partial charge in [-0.15, -0.1) is 0 Å². The molecular formula is C34H38N2O4S. The predicted molar refractivity (Wildman–Crippen MR) is 163 cm³/mol. The Balaban J connectivity index is 1.75. The third-order valence-electron chi connectivity index (χ3n) is 8.00. The molecule has 7 heteroatoms. The molecule has 3 N–H and O–H groups in total. The first kappa shape index (κ1) is 28.9. The van der Waals surface area contributed by atoms with Crippen molar-refractivity contribution in [3.8, 4) is 11.5 Å². The van der Waals surface area contributed by atoms with Gasteiger partial charge in [-0.2, -0.15) is 0 Å². The van der Waals surface area contributed by atoms with E-state index in [2.05, 4.69) is 29.0 Å². The van der Waals surface area contributed by atoms with Crippen molar-refractivity contribution in [3.05, 3.63) is 125 Å². The minimum Gasteiger partial charge on any atom is -0.497 e. The van der Waals surface area contributed by atoms with E-state index in [0.717, 1.165) is 53.7 Å². The molecule has 0 heterocycles. The molecule has 0 amide bonds. The van der Waals surface area contributed by atoms with E-state index in [9.17, 15) is 8.42 Å². The van der Waals surface area contributed by atoms with Gasteiger partial charge in [-0.25, -0.2) is 13.1 Å². The molecule has 1 aliphatic carbocycles. The maximum atomic E-state index is 14.3. The average Bonchev–Trinajstić information content (AvgIpc) is 3.00. The van der Waals surface area contributed by atoms with Gasteiger partial charge in [0.05, 0.1) is 19.1 Å². The Morgan fingerprint density at radius 3 is 1.98 bits per heavy atom. The Bertz CT molecular complexity index is 1500. The summed E-state index contributed by atoms with van der Waals surface area (Å²) in [6.45, 7) is 0. The molecule has 4 aromatic rings. The van der Waals surface area contributed by atoms with E-state index in [-0.39, 0.29) is 22.9 Å². The highest BCUT2D eigenvalue weighted by molar-refractivity contribution is 7.89. The molecule has 0 bridgehead atoms. The maximum Gasteiger partial charge on any atom is 0.241 e. The summed E-state index contributed by atoms with van der Waals surface area (Å²) < 4.78 is 42.9. The van der Waals surface area contributed by atoms with Crippen LogP contribution in [0, 0.1) is 0 Å². The Labute approximate surface area is 243 Å². The van der Waals surface area contributed by atoms with Crippen LogP contribution in [0.15, 0.2) is 102 Å². The topological polar surface area (TPSA) is 90.6 Å². The van der Waals surface area contributed by atoms with E-state index in [0.29, 0.717) is 17.7 Å². The summed E-state index contributed by atoms with van der Waals surface area (Å²) in [6.07, 6.45) is 3.98. The van der Waals surface area contributed by atoms with Gasteiger partial charge < -0.3 is 15.2 Å². The molecule has 214 valence electrons. The molecule has 2 unspecified atom stereocenters. The van der Waals surface area contributed by atoms with Crippen LogP contribution in [0.2, 0.25) is 0 Å². The molecule has 1 fully saturated rings. The fourth-order valence-corrected chi connectivity index (χ4v) is 7.48. The standard InChI is InChI=1S/C34H38N2O4S/c1-39-27-19-17-24(18-20-27)23-28-31(40-2)21-22-32(41(37,38)36-30-16-10-9-15-29(30)35)34(28)33(25-11-5-3-6-12-25)26-13-7-4-8-14-26/h3-8,11-14,17-22,29-30,33,36H,9-10,15-16,23,35H2,1-2H3. The molecule has 0 aliphatic heterocycles. The molecule has 0 saturated heterocycles. The number of rotatable bonds is 10. The first-order valence-corrected chi connectivity index (χ1v) is 15.6. The van der Waals surface area contributed by atoms with Crippen molar-refractivity contribution in [2.45, 2.75) is 55.0 Å². The van der Waals surface area contributed by atoms with E-state index in [1.54, 1.807) is 26.4 Å². The second-order valence-electron chi connectivity index (χ2n) is 10.6. The highest BCUT2D eigenvalue weighted by Gasteiger charge is 2.33. The number of nitrogens with two attached hydrogens (primary N) is 1. The molecule has 0 spiro atoms. The van der Waals surface area contributed by atoms with Crippen molar-refractivity contribution >= 4 is 10.0 Å². The van der Waals surface area contributed by atoms with E-state index in [1.807, 2.05) is 60.7 Å². The molecule has 41 heavy (non-hydrogen) atoms. The lowest BCUT2D eigenvalue weighted by molar-refractivity contribution is 0.361. The van der Waals surface area contributed by atoms with Gasteiger partial charge in [0.1, 0.15) is 11.5 Å². The maximum absolute atomic E-state index is 14.3. The summed E-state index contributed by atoms with van der Waals surface area (Å²) in [4.78, 5) is 0.247. The summed E-state index contributed by atoms with van der Waals surface area (Å²) >= 11 is 0. The van der Waals surface area contributed by atoms with Crippen LogP contribution in [0.4, 0.5) is 0 Å². The van der Waals surface area contributed by atoms with Gasteiger partial charge in [0.25, 0.3) is 0 Å². The van der Waals surface area contributed by atoms with Crippen LogP contribution >= 0.6 is 0 Å². The van der Waals surface area contributed by atoms with Crippen molar-refractivity contribution in [1.29, 1.82) is 0 Å². The predicted octanol–water partition coefficient (Wildman–Crippen LogP) is 6.02. The molecular weight excluding hydrogens is 532 g/mol. The molecule has 1 saturated carbocycles. The van der Waals surface area contributed by atoms with Crippen molar-refractivity contribution in [2.24, 2.45) is 5.73 Å². The van der Waals surface area contributed by atoms with Crippen LogP contribution in [-0.4, -0.2) is 34.7 Å². The second-order valence-corrected chi connectivity index (χ2v) is 12.3. The van der Waals surface area contributed by atoms with Crippen LogP contribution in [0.3, 0.4) is 0 Å². The lowest BCUT2D eigenvalue weighted by Gasteiger charge is -2.31. The number of hydrogen-bond acceptors (Lipinski definition) is 5. The summed E-state index contributed by atoms with van der Waals surface area (Å²) in [6, 6.07) is 30.9. The zero-order valence-electron chi connectivity index (χ0n) is 23.6. The number of sulfonamides is 1. The van der Waals surface area contributed by atoms with Gasteiger partial charge in [-0.1, -0.05) is 85.6 Å². The smallest absolute Gasteiger partial charge is 0.241 e. The van der Waals surface area contributed by atoms with Gasteiger partial charge in [-0.05, 0) is 59.4 Å². The number of methoxy groups -OCH3 is 2. The van der Waals surface area contributed by atoms with Gasteiger partial charge in [-0.3, -0.25) is 0 Å². The summed E-state index contributed by atoms with van der Waals surface area (Å²) in [5.41, 5.74) is 10.9. The first-order valence-electron chi connectivity index (χ1n) is 14.1. The Morgan fingerprint density at radius 2 is 1.41 bits per heavy atom. The number of hydrogen-bond donors (Lipinski definition) is 2. The zero-order valence-corrected chi connectivity index (χ0v) is 24.4. The third kappa shape index (κ3) is 6.48. The van der Waals surface area contributed by atoms with Crippen LogP contribution in [-0.2, 0) is 16.4 Å². The van der Waals surface area contributed by atoms with Gasteiger partial charge in [0.2, 0.25) is 10.0 Å². The van der Waals surface area contributed by atoms with Gasteiger partial charge in [0, 0.05) is 30.0 Å². The van der Waals surface area contributed by atoms with Crippen molar-refractivity contribution in [2.75, 3.05) is 14.2 Å². The zero-order chi connectivity index (χ0) is 28.8. The normalized spacial score (nSPS) is 17.4. The highest BCUT2D eigenvalue weighted by Crippen LogP contribution is 2.42. The van der Waals surface area contributed by atoms with E-state index in [4.69, 9.17) is 15.2 Å². The first-order chi connectivity index (χ1) is 19.9. The molecule has 0 aromatic heterocycles. The van der Waals surface area contributed by atoms with Crippen LogP contribution in [0.5, 0.6) is 11.5 Å². The molecule has 4 aromatic carbocycles. The fraction of sp³-hybridized carbons (Fsp3) is 0.294. The Kier molecular flexibility index (Phi) is 9.08. The Hall–Kier alpha value is -3.65. The minimum atomic E-state index is -3.94. The van der Waals surface area contributed by atoms with Crippen molar-refractivity contribution in [1.82, 2.24) is 4.72 Å². The van der Waals surface area contributed by atoms with Crippen LogP contribution < -0.4 is 19.9 Å². The quantitative estimate of drug-likeness (QED) is 0.228. The lowest BCUT2D eigenvalue weighted by Crippen LogP contribution is -2.49. The highest BCUT2D eigenvalue weighted by atomic mass is 32.2. The van der Waals surface area contributed by atoms with Crippen molar-refractivity contribution < 1.29 is 17.9 Å². The van der Waals surface area contributed by atoms with E-state index in [1.165, 1.54) is 0 Å². The molecule has 6 nitrogen and oxygen atoms in total. The fourth-order valence-electron chi connectivity index (χ4n) is 5.88. The molecule has 5 rings (SSSR count). The SMILES string of the molecule is COc1ccc(Cc2c(OC)ccc(S(=O)(=O)NC3CCCCC3N)c2C(c2ccccc2)c2ccccc2)cc1. The monoisotopic (exact) mass is 570 g/mol. The third-order valence-corrected chi connectivity index (χ3v) is 9.55. The van der Waals surface area contributed by atoms with Gasteiger partial charge >= 0.3 is 0 Å². The molecule has 2 atom stereocenters. The second kappa shape index (κ2) is 12.9. The summed E-state index contributed by atoms with van der Waals surface area (Å²) in [7, 11) is -0.672. The van der Waals surface area contributed by atoms with Crippen LogP contribution in [0.1, 0.15) is 59.4 Å². The van der Waals surface area contributed by atoms with Gasteiger partial charge in [0.15, 0.2) is 0 Å². The van der Waals surface area contributed by atoms with Crippen molar-refractivity contribution in [3.63, 3.8) is 0 Å². The van der Waals surface area contributed by atoms with Crippen LogP contribution in [0.25, 0.3) is 0 Å². The molecule has 1 aliphatic rings. The summed E-state index contributed by atoms with van der Waals surface area (Å²) in [5.74, 6) is 1.05. The average molecular weight is 571 g/mol. The van der Waals surface area contributed by atoms with E-state index >= 15 is 0 Å². The largest absolute Gasteiger partial charge is 0.497 e. The van der Waals surface area contributed by atoms with E-state index < -0.39 is 10.0 Å². The number of nitrogens with one attached hydrogen (secondary N) is 1.